The van der Waals surface area contributed by atoms with Gasteiger partial charge in [0, 0.05) is 17.8 Å². The van der Waals surface area contributed by atoms with Crippen molar-refractivity contribution in [1.82, 2.24) is 9.78 Å². The molecule has 142 valence electrons. The molecule has 2 N–H and O–H groups in total. The van der Waals surface area contributed by atoms with Crippen molar-refractivity contribution in [2.24, 2.45) is 7.05 Å². The van der Waals surface area contributed by atoms with Crippen LogP contribution >= 0.6 is 34.5 Å². The lowest BCUT2D eigenvalue weighted by Gasteiger charge is -2.09. The third-order valence-corrected chi connectivity index (χ3v) is 6.78. The fourth-order valence-electron chi connectivity index (χ4n) is 2.43. The van der Waals surface area contributed by atoms with Gasteiger partial charge in [-0.15, -0.1) is 11.3 Å². The Balaban J connectivity index is 1.87. The number of aromatic nitrogens is 2. The number of halogens is 2. The van der Waals surface area contributed by atoms with Crippen LogP contribution in [-0.4, -0.2) is 24.1 Å². The van der Waals surface area contributed by atoms with Gasteiger partial charge < -0.3 is 5.32 Å². The molecule has 0 atom stereocenters. The zero-order valence-corrected chi connectivity index (χ0v) is 17.3. The zero-order chi connectivity index (χ0) is 19.8. The minimum atomic E-state index is -4.02. The molecule has 0 unspecified atom stereocenters. The summed E-state index contributed by atoms with van der Waals surface area (Å²) in [4.78, 5) is 12.6. The molecule has 0 aliphatic rings. The maximum absolute atomic E-state index is 12.7. The third kappa shape index (κ3) is 4.11. The summed E-state index contributed by atoms with van der Waals surface area (Å²) in [5, 5.41) is 8.77. The molecule has 1 amide bonds. The molecule has 0 radical (unpaired) electrons. The molecule has 3 rings (SSSR count). The van der Waals surface area contributed by atoms with E-state index >= 15 is 0 Å². The Morgan fingerprint density at radius 1 is 1.26 bits per heavy atom. The van der Waals surface area contributed by atoms with Crippen LogP contribution in [0.3, 0.4) is 0 Å². The lowest BCUT2D eigenvalue weighted by Crippen LogP contribution is -2.17. The lowest BCUT2D eigenvalue weighted by molar-refractivity contribution is 0.103. The summed E-state index contributed by atoms with van der Waals surface area (Å²) < 4.78 is 29.2. The van der Waals surface area contributed by atoms with Crippen LogP contribution in [0.15, 0.2) is 40.6 Å². The number of aryl methyl sites for hydroxylation is 2. The minimum absolute atomic E-state index is 0.0137. The topological polar surface area (TPSA) is 93.1 Å². The van der Waals surface area contributed by atoms with Crippen LogP contribution < -0.4 is 10.0 Å². The number of anilines is 2. The van der Waals surface area contributed by atoms with E-state index in [4.69, 9.17) is 23.2 Å². The van der Waals surface area contributed by atoms with E-state index in [-0.39, 0.29) is 26.3 Å². The number of sulfonamides is 1. The lowest BCUT2D eigenvalue weighted by atomic mass is 10.3. The molecular weight excluding hydrogens is 431 g/mol. The summed E-state index contributed by atoms with van der Waals surface area (Å²) in [6.07, 6.45) is 0. The molecule has 0 aliphatic heterocycles. The van der Waals surface area contributed by atoms with E-state index in [1.807, 2.05) is 0 Å². The van der Waals surface area contributed by atoms with E-state index in [2.05, 4.69) is 15.1 Å². The second-order valence-electron chi connectivity index (χ2n) is 5.56. The van der Waals surface area contributed by atoms with Crippen LogP contribution in [-0.2, 0) is 17.1 Å². The highest BCUT2D eigenvalue weighted by molar-refractivity contribution is 7.93. The molecule has 11 heteroatoms. The molecule has 0 saturated heterocycles. The molecule has 27 heavy (non-hydrogen) atoms. The number of hydrogen-bond donors (Lipinski definition) is 2. The monoisotopic (exact) mass is 444 g/mol. The van der Waals surface area contributed by atoms with Crippen LogP contribution in [0.4, 0.5) is 11.4 Å². The van der Waals surface area contributed by atoms with Crippen molar-refractivity contribution in [2.45, 2.75) is 11.8 Å². The van der Waals surface area contributed by atoms with Gasteiger partial charge in [-0.1, -0.05) is 29.3 Å². The van der Waals surface area contributed by atoms with E-state index in [9.17, 15) is 13.2 Å². The van der Waals surface area contributed by atoms with Gasteiger partial charge in [-0.2, -0.15) is 5.10 Å². The molecular formula is C16H14Cl2N4O3S2. The summed E-state index contributed by atoms with van der Waals surface area (Å²) in [6, 6.07) is 8.16. The van der Waals surface area contributed by atoms with Crippen molar-refractivity contribution >= 4 is 61.8 Å². The Hall–Kier alpha value is -2.07. The van der Waals surface area contributed by atoms with Crippen molar-refractivity contribution in [3.8, 4) is 0 Å². The number of benzene rings is 1. The van der Waals surface area contributed by atoms with Gasteiger partial charge in [0.05, 0.1) is 11.4 Å². The first-order valence-electron chi connectivity index (χ1n) is 7.55. The van der Waals surface area contributed by atoms with E-state index in [0.29, 0.717) is 10.7 Å². The number of hydrogen-bond acceptors (Lipinski definition) is 5. The Morgan fingerprint density at radius 2 is 2.00 bits per heavy atom. The van der Waals surface area contributed by atoms with Gasteiger partial charge in [-0.05, 0) is 36.6 Å². The number of amides is 1. The fraction of sp³-hybridized carbons (Fsp3) is 0.125. The predicted molar refractivity (Wildman–Crippen MR) is 107 cm³/mol. The highest BCUT2D eigenvalue weighted by Crippen LogP contribution is 2.30. The Morgan fingerprint density at radius 3 is 2.63 bits per heavy atom. The van der Waals surface area contributed by atoms with E-state index < -0.39 is 15.9 Å². The average molecular weight is 445 g/mol. The molecule has 0 saturated carbocycles. The number of carbonyl (C=O) groups is 1. The standard InChI is InChI=1S/C16H14Cl2N4O3S2/c1-9-14(15(18)22(2)20-9)27(24,25)21-12-6-7-26-13(12)16(23)19-11-5-3-4-10(17)8-11/h3-8,21H,1-2H3,(H,19,23). The SMILES string of the molecule is Cc1nn(C)c(Cl)c1S(=O)(=O)Nc1ccsc1C(=O)Nc1cccc(Cl)c1. The Bertz CT molecular complexity index is 1120. The number of carbonyl (C=O) groups excluding carboxylic acids is 1. The number of nitrogens with zero attached hydrogens (tertiary/aromatic N) is 2. The molecule has 0 bridgehead atoms. The van der Waals surface area contributed by atoms with Gasteiger partial charge in [0.15, 0.2) is 0 Å². The van der Waals surface area contributed by atoms with E-state index in [1.54, 1.807) is 43.6 Å². The van der Waals surface area contributed by atoms with Crippen molar-refractivity contribution in [1.29, 1.82) is 0 Å². The number of thiophene rings is 1. The highest BCUT2D eigenvalue weighted by Gasteiger charge is 2.27. The first-order chi connectivity index (χ1) is 12.7. The highest BCUT2D eigenvalue weighted by atomic mass is 35.5. The molecule has 7 nitrogen and oxygen atoms in total. The quantitative estimate of drug-likeness (QED) is 0.617. The fourth-order valence-corrected chi connectivity index (χ4v) is 5.25. The maximum Gasteiger partial charge on any atom is 0.267 e. The summed E-state index contributed by atoms with van der Waals surface area (Å²) in [7, 11) is -2.47. The second-order valence-corrected chi connectivity index (χ2v) is 8.89. The second kappa shape index (κ2) is 7.51. The molecule has 0 aliphatic carbocycles. The summed E-state index contributed by atoms with van der Waals surface area (Å²) in [5.41, 5.74) is 0.912. The van der Waals surface area contributed by atoms with Gasteiger partial charge in [-0.3, -0.25) is 14.2 Å². The summed E-state index contributed by atoms with van der Waals surface area (Å²) in [6.45, 7) is 1.54. The van der Waals surface area contributed by atoms with E-state index in [0.717, 1.165) is 11.3 Å². The molecule has 2 aromatic heterocycles. The first kappa shape index (κ1) is 19.7. The average Bonchev–Trinajstić information content (AvgIpc) is 3.11. The first-order valence-corrected chi connectivity index (χ1v) is 10.7. The smallest absolute Gasteiger partial charge is 0.267 e. The Kier molecular flexibility index (Phi) is 5.48. The van der Waals surface area contributed by atoms with Crippen LogP contribution in [0.5, 0.6) is 0 Å². The minimum Gasteiger partial charge on any atom is -0.321 e. The molecule has 0 fully saturated rings. The number of nitrogens with one attached hydrogen (secondary N) is 2. The molecule has 0 spiro atoms. The van der Waals surface area contributed by atoms with Crippen molar-refractivity contribution in [3.63, 3.8) is 0 Å². The normalized spacial score (nSPS) is 11.4. The maximum atomic E-state index is 12.7. The Labute approximate surface area is 170 Å². The zero-order valence-electron chi connectivity index (χ0n) is 14.2. The van der Waals surface area contributed by atoms with Crippen molar-refractivity contribution in [2.75, 3.05) is 10.0 Å². The van der Waals surface area contributed by atoms with Gasteiger partial charge in [0.2, 0.25) is 0 Å². The van der Waals surface area contributed by atoms with Crippen molar-refractivity contribution < 1.29 is 13.2 Å². The predicted octanol–water partition coefficient (Wildman–Crippen LogP) is 4.15. The van der Waals surface area contributed by atoms with Gasteiger partial charge >= 0.3 is 0 Å². The third-order valence-electron chi connectivity index (χ3n) is 3.57. The van der Waals surface area contributed by atoms with Crippen LogP contribution in [0.2, 0.25) is 10.2 Å². The number of rotatable bonds is 5. The summed E-state index contributed by atoms with van der Waals surface area (Å²) in [5.74, 6) is -0.459. The molecule has 2 heterocycles. The molecule has 3 aromatic rings. The summed E-state index contributed by atoms with van der Waals surface area (Å²) >= 11 is 13.1. The van der Waals surface area contributed by atoms with Gasteiger partial charge in [0.1, 0.15) is 14.9 Å². The van der Waals surface area contributed by atoms with Crippen LogP contribution in [0.25, 0.3) is 0 Å². The van der Waals surface area contributed by atoms with Crippen LogP contribution in [0, 0.1) is 6.92 Å². The van der Waals surface area contributed by atoms with Gasteiger partial charge in [-0.25, -0.2) is 8.42 Å². The largest absolute Gasteiger partial charge is 0.321 e. The van der Waals surface area contributed by atoms with Gasteiger partial charge in [0.25, 0.3) is 15.9 Å². The van der Waals surface area contributed by atoms with Crippen LogP contribution in [0.1, 0.15) is 15.4 Å². The molecule has 1 aromatic carbocycles. The van der Waals surface area contributed by atoms with E-state index in [1.165, 1.54) is 10.7 Å². The van der Waals surface area contributed by atoms with Crippen molar-refractivity contribution in [3.05, 3.63) is 56.5 Å².